The van der Waals surface area contributed by atoms with Gasteiger partial charge in [-0.15, -0.1) is 0 Å². The van der Waals surface area contributed by atoms with Gasteiger partial charge < -0.3 is 14.8 Å². The van der Waals surface area contributed by atoms with Gasteiger partial charge in [-0.1, -0.05) is 49.0 Å². The molecule has 0 heterocycles. The third-order valence-electron chi connectivity index (χ3n) is 4.09. The van der Waals surface area contributed by atoms with Gasteiger partial charge in [0.05, 0.1) is 6.54 Å². The number of nitrogens with one attached hydrogen (secondary N) is 1. The highest BCUT2D eigenvalue weighted by atomic mass is 16.6. The summed E-state index contributed by atoms with van der Waals surface area (Å²) in [6.45, 7) is 3.77. The number of hydrogen-bond donors (Lipinski definition) is 1. The fraction of sp³-hybridized carbons (Fsp3) is 0.200. The van der Waals surface area contributed by atoms with E-state index in [0.29, 0.717) is 0 Å². The molecule has 1 aliphatic carbocycles. The molecule has 0 aromatic heterocycles. The number of hydrogen-bond acceptors (Lipinski definition) is 4. The molecule has 0 unspecified atom stereocenters. The molecule has 0 fully saturated rings. The van der Waals surface area contributed by atoms with E-state index < -0.39 is 12.1 Å². The normalized spacial score (nSPS) is 11.2. The molecule has 3 rings (SSSR count). The van der Waals surface area contributed by atoms with Crippen LogP contribution in [0.3, 0.4) is 0 Å². The number of benzene rings is 2. The summed E-state index contributed by atoms with van der Waals surface area (Å²) in [6.07, 6.45) is 1.39. The van der Waals surface area contributed by atoms with Crippen LogP contribution in [-0.2, 0) is 27.3 Å². The quantitative estimate of drug-likeness (QED) is 0.426. The second-order valence-electron chi connectivity index (χ2n) is 5.65. The first-order chi connectivity index (χ1) is 12.2. The third-order valence-corrected chi connectivity index (χ3v) is 4.09. The molecular weight excluding hydrogens is 318 g/mol. The van der Waals surface area contributed by atoms with Gasteiger partial charge in [-0.2, -0.15) is 0 Å². The zero-order valence-electron chi connectivity index (χ0n) is 13.8. The van der Waals surface area contributed by atoms with Crippen LogP contribution in [0.15, 0.2) is 55.1 Å². The van der Waals surface area contributed by atoms with Gasteiger partial charge in [-0.25, -0.2) is 9.59 Å². The zero-order chi connectivity index (χ0) is 17.6. The SMILES string of the molecule is C=CC(=O)OCCNC(=O)OCc1cccc2c1Cc1ccccc1-2. The van der Waals surface area contributed by atoms with Crippen LogP contribution in [0.4, 0.5) is 4.79 Å². The molecule has 0 saturated heterocycles. The monoisotopic (exact) mass is 337 g/mol. The first kappa shape index (κ1) is 16.8. The zero-order valence-corrected chi connectivity index (χ0v) is 13.8. The number of rotatable bonds is 6. The molecule has 2 aromatic rings. The summed E-state index contributed by atoms with van der Waals surface area (Å²) in [5.74, 6) is -0.519. The lowest BCUT2D eigenvalue weighted by Gasteiger charge is -2.10. The number of carbonyl (C=O) groups excluding carboxylic acids is 2. The van der Waals surface area contributed by atoms with Crippen molar-refractivity contribution in [3.05, 3.63) is 71.8 Å². The van der Waals surface area contributed by atoms with Crippen LogP contribution in [0.2, 0.25) is 0 Å². The maximum Gasteiger partial charge on any atom is 0.407 e. The van der Waals surface area contributed by atoms with Crippen molar-refractivity contribution in [1.82, 2.24) is 5.32 Å². The van der Waals surface area contributed by atoms with E-state index in [-0.39, 0.29) is 19.8 Å². The molecule has 0 aliphatic heterocycles. The molecule has 0 radical (unpaired) electrons. The molecule has 0 atom stereocenters. The minimum Gasteiger partial charge on any atom is -0.461 e. The summed E-state index contributed by atoms with van der Waals surface area (Å²) in [5.41, 5.74) is 5.94. The van der Waals surface area contributed by atoms with Crippen LogP contribution in [-0.4, -0.2) is 25.2 Å². The molecular formula is C20H19NO4. The maximum absolute atomic E-state index is 11.8. The fourth-order valence-electron chi connectivity index (χ4n) is 2.92. The molecule has 5 heteroatoms. The van der Waals surface area contributed by atoms with Crippen molar-refractivity contribution in [3.63, 3.8) is 0 Å². The van der Waals surface area contributed by atoms with Gasteiger partial charge in [-0.05, 0) is 34.2 Å². The summed E-state index contributed by atoms with van der Waals surface area (Å²) in [5, 5.41) is 2.54. The van der Waals surface area contributed by atoms with E-state index in [1.165, 1.54) is 22.3 Å². The Bertz CT molecular complexity index is 813. The second kappa shape index (κ2) is 7.66. The molecule has 25 heavy (non-hydrogen) atoms. The minimum atomic E-state index is -0.539. The summed E-state index contributed by atoms with van der Waals surface area (Å²) >= 11 is 0. The van der Waals surface area contributed by atoms with Gasteiger partial charge >= 0.3 is 12.1 Å². The van der Waals surface area contributed by atoms with E-state index in [1.807, 2.05) is 24.3 Å². The maximum atomic E-state index is 11.8. The van der Waals surface area contributed by atoms with Crippen molar-refractivity contribution >= 4 is 12.1 Å². The van der Waals surface area contributed by atoms with E-state index >= 15 is 0 Å². The molecule has 1 N–H and O–H groups in total. The van der Waals surface area contributed by atoms with Crippen molar-refractivity contribution < 1.29 is 19.1 Å². The van der Waals surface area contributed by atoms with Crippen LogP contribution in [0.1, 0.15) is 16.7 Å². The number of amides is 1. The summed E-state index contributed by atoms with van der Waals surface area (Å²) in [6, 6.07) is 14.4. The highest BCUT2D eigenvalue weighted by molar-refractivity contribution is 5.81. The molecule has 2 aromatic carbocycles. The minimum absolute atomic E-state index is 0.0794. The smallest absolute Gasteiger partial charge is 0.407 e. The highest BCUT2D eigenvalue weighted by Crippen LogP contribution is 2.38. The van der Waals surface area contributed by atoms with Crippen LogP contribution in [0.25, 0.3) is 11.1 Å². The lowest BCUT2D eigenvalue weighted by Crippen LogP contribution is -2.28. The van der Waals surface area contributed by atoms with Gasteiger partial charge in [0.2, 0.25) is 0 Å². The van der Waals surface area contributed by atoms with E-state index in [4.69, 9.17) is 9.47 Å². The molecule has 0 spiro atoms. The molecule has 0 bridgehead atoms. The lowest BCUT2D eigenvalue weighted by molar-refractivity contribution is -0.137. The van der Waals surface area contributed by atoms with Gasteiger partial charge in [0, 0.05) is 6.08 Å². The predicted octanol–water partition coefficient (Wildman–Crippen LogP) is 3.21. The average Bonchev–Trinajstić information content (AvgIpc) is 3.02. The van der Waals surface area contributed by atoms with Crippen LogP contribution < -0.4 is 5.32 Å². The summed E-state index contributed by atoms with van der Waals surface area (Å²) in [4.78, 5) is 22.6. The van der Waals surface area contributed by atoms with Gasteiger partial charge in [0.15, 0.2) is 0 Å². The number of fused-ring (bicyclic) bond motifs is 3. The van der Waals surface area contributed by atoms with Crippen molar-refractivity contribution in [2.75, 3.05) is 13.2 Å². The number of alkyl carbamates (subject to hydrolysis) is 1. The molecule has 1 amide bonds. The number of esters is 1. The average molecular weight is 337 g/mol. The standard InChI is InChI=1S/C20H19NO4/c1-2-19(22)24-11-10-21-20(23)25-13-15-7-5-9-17-16-8-4-3-6-14(16)12-18(15)17/h2-9H,1,10-13H2,(H,21,23). The molecule has 1 aliphatic rings. The number of carbonyl (C=O) groups is 2. The number of ether oxygens (including phenoxy) is 2. The van der Waals surface area contributed by atoms with E-state index in [9.17, 15) is 9.59 Å². The van der Waals surface area contributed by atoms with Crippen LogP contribution >= 0.6 is 0 Å². The Kier molecular flexibility index (Phi) is 5.14. The largest absolute Gasteiger partial charge is 0.461 e. The fourth-order valence-corrected chi connectivity index (χ4v) is 2.92. The van der Waals surface area contributed by atoms with E-state index in [2.05, 4.69) is 30.1 Å². The Morgan fingerprint density at radius 1 is 1.08 bits per heavy atom. The van der Waals surface area contributed by atoms with E-state index in [1.54, 1.807) is 0 Å². The van der Waals surface area contributed by atoms with Crippen LogP contribution in [0, 0.1) is 0 Å². The van der Waals surface area contributed by atoms with Crippen molar-refractivity contribution in [2.45, 2.75) is 13.0 Å². The van der Waals surface area contributed by atoms with Gasteiger partial charge in [0.1, 0.15) is 13.2 Å². The third kappa shape index (κ3) is 3.88. The second-order valence-corrected chi connectivity index (χ2v) is 5.65. The Morgan fingerprint density at radius 3 is 2.72 bits per heavy atom. The topological polar surface area (TPSA) is 64.6 Å². The highest BCUT2D eigenvalue weighted by Gasteiger charge is 2.20. The van der Waals surface area contributed by atoms with Gasteiger partial charge in [-0.3, -0.25) is 0 Å². The van der Waals surface area contributed by atoms with Crippen molar-refractivity contribution in [1.29, 1.82) is 0 Å². The van der Waals surface area contributed by atoms with E-state index in [0.717, 1.165) is 18.1 Å². The molecule has 0 saturated carbocycles. The Hall–Kier alpha value is -3.08. The van der Waals surface area contributed by atoms with Crippen molar-refractivity contribution in [3.8, 4) is 11.1 Å². The predicted molar refractivity (Wildman–Crippen MR) is 94.0 cm³/mol. The van der Waals surface area contributed by atoms with Crippen molar-refractivity contribution in [2.24, 2.45) is 0 Å². The molecule has 128 valence electrons. The summed E-state index contributed by atoms with van der Waals surface area (Å²) in [7, 11) is 0. The van der Waals surface area contributed by atoms with Gasteiger partial charge in [0.25, 0.3) is 0 Å². The first-order valence-electron chi connectivity index (χ1n) is 8.08. The Labute approximate surface area is 146 Å². The first-order valence-corrected chi connectivity index (χ1v) is 8.08. The Balaban J connectivity index is 1.54. The van der Waals surface area contributed by atoms with Crippen LogP contribution in [0.5, 0.6) is 0 Å². The Morgan fingerprint density at radius 2 is 1.88 bits per heavy atom. The summed E-state index contributed by atoms with van der Waals surface area (Å²) < 4.78 is 10.0. The molecule has 5 nitrogen and oxygen atoms in total. The lowest BCUT2D eigenvalue weighted by atomic mass is 10.0.